The fourth-order valence-corrected chi connectivity index (χ4v) is 2.78. The van der Waals surface area contributed by atoms with Gasteiger partial charge in [0.25, 0.3) is 0 Å². The van der Waals surface area contributed by atoms with Gasteiger partial charge in [0.1, 0.15) is 5.82 Å². The van der Waals surface area contributed by atoms with Crippen LogP contribution in [0.2, 0.25) is 0 Å². The van der Waals surface area contributed by atoms with Crippen LogP contribution in [0.4, 0.5) is 4.39 Å². The smallest absolute Gasteiger partial charge is 0.168 e. The first-order valence-electron chi connectivity index (χ1n) is 7.15. The standard InChI is InChI=1S/C18H14FNO/c19-13-9-7-11(8-10-13)17-16(18(21)12-5-6-12)14-3-1-2-4-15(14)20-17/h1-4,7-10,12,20H,5-6H2. The molecule has 1 fully saturated rings. The molecule has 1 aliphatic carbocycles. The van der Waals surface area contributed by atoms with Crippen molar-refractivity contribution in [1.82, 2.24) is 4.98 Å². The molecule has 1 N–H and O–H groups in total. The summed E-state index contributed by atoms with van der Waals surface area (Å²) in [5, 5.41) is 0.953. The van der Waals surface area contributed by atoms with Crippen LogP contribution in [-0.4, -0.2) is 10.8 Å². The molecule has 2 nitrogen and oxygen atoms in total. The number of hydrogen-bond donors (Lipinski definition) is 1. The number of benzene rings is 2. The Hall–Kier alpha value is -2.42. The van der Waals surface area contributed by atoms with E-state index in [1.807, 2.05) is 24.3 Å². The minimum atomic E-state index is -0.273. The molecule has 0 radical (unpaired) electrons. The van der Waals surface area contributed by atoms with Crippen LogP contribution in [-0.2, 0) is 0 Å². The van der Waals surface area contributed by atoms with Crippen molar-refractivity contribution in [3.8, 4) is 11.3 Å². The van der Waals surface area contributed by atoms with Crippen molar-refractivity contribution >= 4 is 16.7 Å². The largest absolute Gasteiger partial charge is 0.354 e. The molecule has 2 aromatic carbocycles. The van der Waals surface area contributed by atoms with Gasteiger partial charge in [0, 0.05) is 16.8 Å². The number of hydrogen-bond acceptors (Lipinski definition) is 1. The molecule has 21 heavy (non-hydrogen) atoms. The van der Waals surface area contributed by atoms with Crippen LogP contribution in [0.5, 0.6) is 0 Å². The molecule has 0 aliphatic heterocycles. The van der Waals surface area contributed by atoms with E-state index in [1.54, 1.807) is 12.1 Å². The molecule has 0 saturated heterocycles. The van der Waals surface area contributed by atoms with E-state index in [1.165, 1.54) is 12.1 Å². The summed E-state index contributed by atoms with van der Waals surface area (Å²) in [5.74, 6) is 0.0834. The van der Waals surface area contributed by atoms with Crippen molar-refractivity contribution < 1.29 is 9.18 Å². The summed E-state index contributed by atoms with van der Waals surface area (Å²) in [7, 11) is 0. The van der Waals surface area contributed by atoms with Crippen LogP contribution in [0, 0.1) is 11.7 Å². The van der Waals surface area contributed by atoms with Crippen molar-refractivity contribution in [2.75, 3.05) is 0 Å². The van der Waals surface area contributed by atoms with Crippen molar-refractivity contribution in [2.45, 2.75) is 12.8 Å². The van der Waals surface area contributed by atoms with E-state index >= 15 is 0 Å². The maximum atomic E-state index is 13.1. The molecule has 1 saturated carbocycles. The zero-order chi connectivity index (χ0) is 14.4. The number of ketones is 1. The van der Waals surface area contributed by atoms with Crippen LogP contribution in [0.1, 0.15) is 23.2 Å². The lowest BCUT2D eigenvalue weighted by Crippen LogP contribution is -2.02. The Morgan fingerprint density at radius 3 is 2.48 bits per heavy atom. The number of Topliss-reactive ketones (excluding diaryl/α,β-unsaturated/α-hetero) is 1. The summed E-state index contributed by atoms with van der Waals surface area (Å²) >= 11 is 0. The van der Waals surface area contributed by atoms with Crippen LogP contribution >= 0.6 is 0 Å². The van der Waals surface area contributed by atoms with E-state index in [2.05, 4.69) is 4.98 Å². The normalized spacial score (nSPS) is 14.5. The number of halogens is 1. The number of rotatable bonds is 3. The Balaban J connectivity index is 1.96. The highest BCUT2D eigenvalue weighted by atomic mass is 19.1. The zero-order valence-electron chi connectivity index (χ0n) is 11.4. The average Bonchev–Trinajstić information content (AvgIpc) is 3.28. The Morgan fingerprint density at radius 2 is 1.76 bits per heavy atom. The molecule has 4 rings (SSSR count). The molecule has 1 aliphatic rings. The molecular formula is C18H14FNO. The van der Waals surface area contributed by atoms with Crippen molar-refractivity contribution in [3.63, 3.8) is 0 Å². The SMILES string of the molecule is O=C(c1c(-c2ccc(F)cc2)[nH]c2ccccc12)C1CC1. The van der Waals surface area contributed by atoms with Gasteiger partial charge in [0.15, 0.2) is 5.78 Å². The Kier molecular flexibility index (Phi) is 2.67. The molecule has 0 bridgehead atoms. The summed E-state index contributed by atoms with van der Waals surface area (Å²) in [5.41, 5.74) is 3.34. The van der Waals surface area contributed by atoms with Gasteiger partial charge < -0.3 is 4.98 Å². The van der Waals surface area contributed by atoms with Crippen molar-refractivity contribution in [2.24, 2.45) is 5.92 Å². The number of H-pyrrole nitrogens is 1. The lowest BCUT2D eigenvalue weighted by molar-refractivity contribution is 0.0970. The maximum absolute atomic E-state index is 13.1. The second-order valence-corrected chi connectivity index (χ2v) is 5.57. The third-order valence-corrected chi connectivity index (χ3v) is 4.03. The Bertz CT molecular complexity index is 828. The molecule has 3 heteroatoms. The van der Waals surface area contributed by atoms with Gasteiger partial charge in [-0.3, -0.25) is 4.79 Å². The Morgan fingerprint density at radius 1 is 1.05 bits per heavy atom. The third kappa shape index (κ3) is 2.05. The van der Waals surface area contributed by atoms with Gasteiger partial charge in [-0.05, 0) is 48.7 Å². The van der Waals surface area contributed by atoms with E-state index in [0.29, 0.717) is 0 Å². The number of nitrogens with one attached hydrogen (secondary N) is 1. The number of aromatic nitrogens is 1. The Labute approximate surface area is 121 Å². The summed E-state index contributed by atoms with van der Waals surface area (Å²) < 4.78 is 13.1. The molecule has 1 aromatic heterocycles. The van der Waals surface area contributed by atoms with Crippen LogP contribution in [0.15, 0.2) is 48.5 Å². The highest BCUT2D eigenvalue weighted by Gasteiger charge is 2.33. The van der Waals surface area contributed by atoms with Gasteiger partial charge >= 0.3 is 0 Å². The first kappa shape index (κ1) is 12.3. The van der Waals surface area contributed by atoms with Crippen LogP contribution in [0.25, 0.3) is 22.2 Å². The fourth-order valence-electron chi connectivity index (χ4n) is 2.78. The summed E-state index contributed by atoms with van der Waals surface area (Å²) in [6.07, 6.45) is 1.95. The number of carbonyl (C=O) groups excluding carboxylic acids is 1. The molecular weight excluding hydrogens is 265 g/mol. The highest BCUT2D eigenvalue weighted by molar-refractivity contribution is 6.14. The van der Waals surface area contributed by atoms with Gasteiger partial charge in [-0.1, -0.05) is 18.2 Å². The molecule has 104 valence electrons. The van der Waals surface area contributed by atoms with Gasteiger partial charge in [-0.2, -0.15) is 0 Å². The molecule has 1 heterocycles. The van der Waals surface area contributed by atoms with Crippen molar-refractivity contribution in [3.05, 3.63) is 59.9 Å². The average molecular weight is 279 g/mol. The third-order valence-electron chi connectivity index (χ3n) is 4.03. The fraction of sp³-hybridized carbons (Fsp3) is 0.167. The van der Waals surface area contributed by atoms with Crippen molar-refractivity contribution in [1.29, 1.82) is 0 Å². The monoisotopic (exact) mass is 279 g/mol. The predicted molar refractivity (Wildman–Crippen MR) is 80.7 cm³/mol. The van der Waals surface area contributed by atoms with E-state index in [4.69, 9.17) is 0 Å². The number of fused-ring (bicyclic) bond motifs is 1. The van der Waals surface area contributed by atoms with Gasteiger partial charge in [0.2, 0.25) is 0 Å². The number of aromatic amines is 1. The summed E-state index contributed by atoms with van der Waals surface area (Å²) in [4.78, 5) is 16.0. The summed E-state index contributed by atoms with van der Waals surface area (Å²) in [6.45, 7) is 0. The van der Waals surface area contributed by atoms with Gasteiger partial charge in [-0.15, -0.1) is 0 Å². The maximum Gasteiger partial charge on any atom is 0.168 e. The quantitative estimate of drug-likeness (QED) is 0.700. The number of carbonyl (C=O) groups is 1. The highest BCUT2D eigenvalue weighted by Crippen LogP contribution is 2.38. The lowest BCUT2D eigenvalue weighted by Gasteiger charge is -2.04. The summed E-state index contributed by atoms with van der Waals surface area (Å²) in [6, 6.07) is 14.1. The van der Waals surface area contributed by atoms with E-state index < -0.39 is 0 Å². The minimum absolute atomic E-state index is 0.156. The van der Waals surface area contributed by atoms with Gasteiger partial charge in [0.05, 0.1) is 11.3 Å². The predicted octanol–water partition coefficient (Wildman–Crippen LogP) is 4.57. The minimum Gasteiger partial charge on any atom is -0.354 e. The molecule has 0 atom stereocenters. The molecule has 0 spiro atoms. The molecule has 0 amide bonds. The zero-order valence-corrected chi connectivity index (χ0v) is 11.4. The lowest BCUT2D eigenvalue weighted by atomic mass is 9.99. The molecule has 0 unspecified atom stereocenters. The van der Waals surface area contributed by atoms with Crippen LogP contribution < -0.4 is 0 Å². The van der Waals surface area contributed by atoms with Crippen LogP contribution in [0.3, 0.4) is 0 Å². The second kappa shape index (κ2) is 4.55. The first-order chi connectivity index (χ1) is 10.2. The molecule has 3 aromatic rings. The number of para-hydroxylation sites is 1. The van der Waals surface area contributed by atoms with E-state index in [-0.39, 0.29) is 17.5 Å². The van der Waals surface area contributed by atoms with E-state index in [9.17, 15) is 9.18 Å². The first-order valence-corrected chi connectivity index (χ1v) is 7.15. The van der Waals surface area contributed by atoms with Gasteiger partial charge in [-0.25, -0.2) is 4.39 Å². The van der Waals surface area contributed by atoms with E-state index in [0.717, 1.165) is 40.6 Å². The topological polar surface area (TPSA) is 32.9 Å². The second-order valence-electron chi connectivity index (χ2n) is 5.57.